The predicted octanol–water partition coefficient (Wildman–Crippen LogP) is 3.00. The fraction of sp³-hybridized carbons (Fsp3) is 0.231. The lowest BCUT2D eigenvalue weighted by molar-refractivity contribution is 0.690. The molecular weight excluding hydrogens is 266 g/mol. The fourth-order valence-electron chi connectivity index (χ4n) is 1.58. The second-order valence-electron chi connectivity index (χ2n) is 3.79. The summed E-state index contributed by atoms with van der Waals surface area (Å²) in [5.74, 6) is 0. The minimum absolute atomic E-state index is 0.458. The van der Waals surface area contributed by atoms with Crippen molar-refractivity contribution in [3.8, 4) is 6.07 Å². The summed E-state index contributed by atoms with van der Waals surface area (Å²) in [5, 5.41) is 12.1. The molecule has 92 valence electrons. The minimum Gasteiger partial charge on any atom is -0.312 e. The lowest BCUT2D eigenvalue weighted by atomic mass is 10.2. The molecule has 5 heteroatoms. The highest BCUT2D eigenvalue weighted by Gasteiger charge is 1.99. The number of rotatable bonds is 5. The third kappa shape index (κ3) is 3.81. The molecule has 0 atom stereocenters. The molecule has 0 aromatic carbocycles. The molecule has 2 aromatic heterocycles. The van der Waals surface area contributed by atoms with Gasteiger partial charge in [-0.3, -0.25) is 0 Å². The van der Waals surface area contributed by atoms with Crippen molar-refractivity contribution in [1.82, 2.24) is 10.3 Å². The number of nitriles is 1. The van der Waals surface area contributed by atoms with Gasteiger partial charge < -0.3 is 5.32 Å². The minimum atomic E-state index is 0.458. The van der Waals surface area contributed by atoms with Crippen molar-refractivity contribution >= 4 is 22.9 Å². The summed E-state index contributed by atoms with van der Waals surface area (Å²) in [6.07, 6.45) is 2.63. The molecule has 2 heterocycles. The summed E-state index contributed by atoms with van der Waals surface area (Å²) >= 11 is 7.48. The maximum atomic E-state index is 8.74. The zero-order chi connectivity index (χ0) is 12.8. The summed E-state index contributed by atoms with van der Waals surface area (Å²) in [6.45, 7) is 1.64. The van der Waals surface area contributed by atoms with Crippen LogP contribution in [-0.2, 0) is 13.0 Å². The van der Waals surface area contributed by atoms with Crippen molar-refractivity contribution < 1.29 is 0 Å². The summed E-state index contributed by atoms with van der Waals surface area (Å²) in [4.78, 5) is 5.21. The smallest absolute Gasteiger partial charge is 0.140 e. The zero-order valence-electron chi connectivity index (χ0n) is 9.69. The second-order valence-corrected chi connectivity index (χ2v) is 5.59. The number of nitrogens with one attached hydrogen (secondary N) is 1. The van der Waals surface area contributed by atoms with Crippen molar-refractivity contribution in [3.63, 3.8) is 0 Å². The van der Waals surface area contributed by atoms with Gasteiger partial charge in [-0.1, -0.05) is 11.6 Å². The van der Waals surface area contributed by atoms with Crippen LogP contribution >= 0.6 is 22.9 Å². The molecule has 18 heavy (non-hydrogen) atoms. The number of nitrogens with zero attached hydrogens (tertiary/aromatic N) is 2. The van der Waals surface area contributed by atoms with Crippen molar-refractivity contribution in [2.75, 3.05) is 6.54 Å². The van der Waals surface area contributed by atoms with E-state index in [1.54, 1.807) is 23.6 Å². The quantitative estimate of drug-likeness (QED) is 0.855. The third-order valence-electron chi connectivity index (χ3n) is 2.45. The van der Waals surface area contributed by atoms with Crippen LogP contribution in [0.5, 0.6) is 0 Å². The summed E-state index contributed by atoms with van der Waals surface area (Å²) in [7, 11) is 0. The Bertz CT molecular complexity index is 559. The van der Waals surface area contributed by atoms with Gasteiger partial charge in [-0.15, -0.1) is 11.3 Å². The number of aromatic nitrogens is 1. The van der Waals surface area contributed by atoms with Crippen molar-refractivity contribution in [2.45, 2.75) is 13.0 Å². The lowest BCUT2D eigenvalue weighted by Crippen LogP contribution is -2.16. The normalized spacial score (nSPS) is 10.2. The van der Waals surface area contributed by atoms with E-state index in [4.69, 9.17) is 16.9 Å². The lowest BCUT2D eigenvalue weighted by Gasteiger charge is -2.03. The largest absolute Gasteiger partial charge is 0.312 e. The number of halogens is 1. The van der Waals surface area contributed by atoms with Crippen LogP contribution in [0.4, 0.5) is 0 Å². The number of hydrogen-bond donors (Lipinski definition) is 1. The van der Waals surface area contributed by atoms with E-state index in [1.807, 2.05) is 18.2 Å². The molecule has 3 nitrogen and oxygen atoms in total. The van der Waals surface area contributed by atoms with Gasteiger partial charge in [0, 0.05) is 24.2 Å². The van der Waals surface area contributed by atoms with Crippen LogP contribution in [0.1, 0.15) is 16.1 Å². The number of hydrogen-bond acceptors (Lipinski definition) is 4. The molecule has 0 spiro atoms. The van der Waals surface area contributed by atoms with Gasteiger partial charge in [-0.2, -0.15) is 5.26 Å². The summed E-state index contributed by atoms with van der Waals surface area (Å²) in [5.41, 5.74) is 1.53. The Balaban J connectivity index is 1.77. The summed E-state index contributed by atoms with van der Waals surface area (Å²) in [6, 6.07) is 9.72. The maximum Gasteiger partial charge on any atom is 0.140 e. The van der Waals surface area contributed by atoms with E-state index < -0.39 is 0 Å². The fourth-order valence-corrected chi connectivity index (χ4v) is 2.66. The van der Waals surface area contributed by atoms with E-state index in [0.717, 1.165) is 29.4 Å². The predicted molar refractivity (Wildman–Crippen MR) is 73.7 cm³/mol. The van der Waals surface area contributed by atoms with Crippen LogP contribution in [0, 0.1) is 11.3 Å². The molecule has 1 N–H and O–H groups in total. The van der Waals surface area contributed by atoms with E-state index in [2.05, 4.69) is 16.4 Å². The third-order valence-corrected chi connectivity index (χ3v) is 3.74. The average Bonchev–Trinajstić information content (AvgIpc) is 2.81. The SMILES string of the molecule is N#Cc1cc(CNCCc2ccc(Cl)s2)ccn1. The topological polar surface area (TPSA) is 48.7 Å². The Labute approximate surface area is 115 Å². The molecule has 0 amide bonds. The van der Waals surface area contributed by atoms with E-state index in [1.165, 1.54) is 4.88 Å². The van der Waals surface area contributed by atoms with E-state index in [9.17, 15) is 0 Å². The molecule has 0 aliphatic heterocycles. The highest BCUT2D eigenvalue weighted by molar-refractivity contribution is 7.16. The standard InChI is InChI=1S/C13H12ClN3S/c14-13-2-1-12(18-13)4-5-16-9-10-3-6-17-11(7-10)8-15/h1-3,6-7,16H,4-5,9H2. The van der Waals surface area contributed by atoms with Gasteiger partial charge in [0.05, 0.1) is 4.34 Å². The molecule has 0 fully saturated rings. The summed E-state index contributed by atoms with van der Waals surface area (Å²) < 4.78 is 0.831. The van der Waals surface area contributed by atoms with Gasteiger partial charge >= 0.3 is 0 Å². The average molecular weight is 278 g/mol. The first kappa shape index (κ1) is 13.0. The maximum absolute atomic E-state index is 8.74. The first-order valence-corrected chi connectivity index (χ1v) is 6.77. The van der Waals surface area contributed by atoms with Crippen LogP contribution < -0.4 is 5.32 Å². The Morgan fingerprint density at radius 1 is 1.39 bits per heavy atom. The van der Waals surface area contributed by atoms with Crippen molar-refractivity contribution in [3.05, 3.63) is 50.9 Å². The molecule has 0 unspecified atom stereocenters. The van der Waals surface area contributed by atoms with Crippen molar-refractivity contribution in [2.24, 2.45) is 0 Å². The van der Waals surface area contributed by atoms with E-state index >= 15 is 0 Å². The first-order chi connectivity index (χ1) is 8.78. The van der Waals surface area contributed by atoms with Gasteiger partial charge in [-0.25, -0.2) is 4.98 Å². The molecule has 0 aliphatic carbocycles. The van der Waals surface area contributed by atoms with E-state index in [-0.39, 0.29) is 0 Å². The van der Waals surface area contributed by atoms with Crippen LogP contribution in [0.3, 0.4) is 0 Å². The van der Waals surface area contributed by atoms with Gasteiger partial charge in [0.1, 0.15) is 11.8 Å². The molecule has 0 saturated heterocycles. The highest BCUT2D eigenvalue weighted by atomic mass is 35.5. The van der Waals surface area contributed by atoms with Crippen LogP contribution in [0.25, 0.3) is 0 Å². The van der Waals surface area contributed by atoms with Crippen LogP contribution in [-0.4, -0.2) is 11.5 Å². The van der Waals surface area contributed by atoms with Gasteiger partial charge in [0.2, 0.25) is 0 Å². The Hall–Kier alpha value is -1.41. The number of thiophene rings is 1. The molecule has 0 aliphatic rings. The zero-order valence-corrected chi connectivity index (χ0v) is 11.3. The number of pyridine rings is 1. The van der Waals surface area contributed by atoms with Gasteiger partial charge in [0.25, 0.3) is 0 Å². The molecule has 2 rings (SSSR count). The van der Waals surface area contributed by atoms with E-state index in [0.29, 0.717) is 5.69 Å². The Morgan fingerprint density at radius 2 is 2.28 bits per heavy atom. The highest BCUT2D eigenvalue weighted by Crippen LogP contribution is 2.21. The molecule has 0 saturated carbocycles. The Kier molecular flexibility index (Phi) is 4.71. The van der Waals surface area contributed by atoms with Crippen LogP contribution in [0.2, 0.25) is 4.34 Å². The molecule has 0 radical (unpaired) electrons. The second kappa shape index (κ2) is 6.50. The first-order valence-electron chi connectivity index (χ1n) is 5.58. The van der Waals surface area contributed by atoms with Crippen LogP contribution in [0.15, 0.2) is 30.5 Å². The van der Waals surface area contributed by atoms with Gasteiger partial charge in [-0.05, 0) is 36.2 Å². The Morgan fingerprint density at radius 3 is 3.00 bits per heavy atom. The molecule has 2 aromatic rings. The molecular formula is C13H12ClN3S. The van der Waals surface area contributed by atoms with Gasteiger partial charge in [0.15, 0.2) is 0 Å². The molecule has 0 bridgehead atoms. The van der Waals surface area contributed by atoms with Crippen molar-refractivity contribution in [1.29, 1.82) is 5.26 Å². The monoisotopic (exact) mass is 277 g/mol.